The smallest absolute Gasteiger partial charge is 0.259 e. The van der Waals surface area contributed by atoms with Crippen LogP contribution in [0.25, 0.3) is 10.2 Å². The quantitative estimate of drug-likeness (QED) is 0.761. The van der Waals surface area contributed by atoms with Crippen LogP contribution in [0.15, 0.2) is 4.79 Å². The fourth-order valence-corrected chi connectivity index (χ4v) is 5.18. The largest absolute Gasteiger partial charge is 0.356 e. The second-order valence-corrected chi connectivity index (χ2v) is 9.67. The fourth-order valence-electron chi connectivity index (χ4n) is 3.90. The predicted octanol–water partition coefficient (Wildman–Crippen LogP) is 2.50. The lowest BCUT2D eigenvalue weighted by atomic mass is 9.93. The van der Waals surface area contributed by atoms with Gasteiger partial charge in [0.15, 0.2) is 0 Å². The molecule has 0 aromatic carbocycles. The maximum Gasteiger partial charge on any atom is 0.259 e. The van der Waals surface area contributed by atoms with Crippen molar-refractivity contribution in [3.63, 3.8) is 0 Å². The third kappa shape index (κ3) is 4.96. The van der Waals surface area contributed by atoms with E-state index in [9.17, 15) is 9.59 Å². The zero-order chi connectivity index (χ0) is 19.6. The molecule has 0 radical (unpaired) electrons. The zero-order valence-electron chi connectivity index (χ0n) is 16.8. The Kier molecular flexibility index (Phi) is 6.01. The van der Waals surface area contributed by atoms with Gasteiger partial charge in [-0.1, -0.05) is 13.8 Å². The molecule has 2 aromatic rings. The summed E-state index contributed by atoms with van der Waals surface area (Å²) in [5.74, 6) is 0.601. The number of carbonyl (C=O) groups excluding carboxylic acids is 1. The van der Waals surface area contributed by atoms with Crippen LogP contribution < -0.4 is 10.9 Å². The van der Waals surface area contributed by atoms with E-state index in [1.807, 2.05) is 14.1 Å². The first kappa shape index (κ1) is 20.0. The van der Waals surface area contributed by atoms with Crippen molar-refractivity contribution in [1.82, 2.24) is 20.2 Å². The first-order valence-corrected chi connectivity index (χ1v) is 10.5. The highest BCUT2D eigenvalue weighted by Crippen LogP contribution is 2.33. The van der Waals surface area contributed by atoms with Gasteiger partial charge in [0.1, 0.15) is 10.7 Å². The van der Waals surface area contributed by atoms with Crippen molar-refractivity contribution in [2.24, 2.45) is 5.41 Å². The molecule has 1 aliphatic rings. The molecule has 0 aliphatic heterocycles. The summed E-state index contributed by atoms with van der Waals surface area (Å²) < 4.78 is 0. The topological polar surface area (TPSA) is 78.1 Å². The Balaban J connectivity index is 1.62. The molecule has 1 aliphatic carbocycles. The van der Waals surface area contributed by atoms with E-state index in [1.54, 1.807) is 11.3 Å². The molecule has 2 heterocycles. The van der Waals surface area contributed by atoms with Crippen molar-refractivity contribution >= 4 is 27.5 Å². The molecule has 0 atom stereocenters. The summed E-state index contributed by atoms with van der Waals surface area (Å²) in [6.45, 7) is 5.81. The number of aromatic nitrogens is 2. The van der Waals surface area contributed by atoms with Crippen LogP contribution >= 0.6 is 11.3 Å². The Morgan fingerprint density at radius 2 is 2.04 bits per heavy atom. The number of thiophene rings is 1. The molecule has 0 unspecified atom stereocenters. The van der Waals surface area contributed by atoms with E-state index >= 15 is 0 Å². The predicted molar refractivity (Wildman–Crippen MR) is 111 cm³/mol. The van der Waals surface area contributed by atoms with Crippen LogP contribution in [0.4, 0.5) is 0 Å². The number of rotatable bonds is 7. The van der Waals surface area contributed by atoms with Crippen molar-refractivity contribution in [2.45, 2.75) is 52.4 Å². The molecule has 6 nitrogen and oxygen atoms in total. The molecule has 3 rings (SSSR count). The third-order valence-corrected chi connectivity index (χ3v) is 6.16. The van der Waals surface area contributed by atoms with Gasteiger partial charge in [-0.25, -0.2) is 4.98 Å². The lowest BCUT2D eigenvalue weighted by molar-refractivity contribution is -0.121. The standard InChI is InChI=1S/C20H30N4O2S/c1-20(2,12-24(3)4)11-21-16(25)10-9-15-22-18(26)17-13-7-5-6-8-14(13)27-19(17)23-15/h5-12H2,1-4H3,(H,21,25)(H,22,23,26). The molecule has 0 saturated heterocycles. The third-order valence-electron chi connectivity index (χ3n) is 4.97. The van der Waals surface area contributed by atoms with Gasteiger partial charge in [-0.2, -0.15) is 0 Å². The van der Waals surface area contributed by atoms with Crippen LogP contribution in [0.1, 0.15) is 49.4 Å². The Morgan fingerprint density at radius 1 is 1.30 bits per heavy atom. The van der Waals surface area contributed by atoms with E-state index in [4.69, 9.17) is 0 Å². The number of amides is 1. The van der Waals surface area contributed by atoms with Crippen LogP contribution in [-0.4, -0.2) is 48.0 Å². The Bertz CT molecular complexity index is 882. The molecular weight excluding hydrogens is 360 g/mol. The van der Waals surface area contributed by atoms with E-state index in [0.717, 1.165) is 36.0 Å². The van der Waals surface area contributed by atoms with E-state index in [1.165, 1.54) is 16.9 Å². The monoisotopic (exact) mass is 390 g/mol. The molecule has 0 spiro atoms. The highest BCUT2D eigenvalue weighted by Gasteiger charge is 2.21. The summed E-state index contributed by atoms with van der Waals surface area (Å²) in [4.78, 5) is 36.5. The van der Waals surface area contributed by atoms with Crippen LogP contribution in [0.2, 0.25) is 0 Å². The molecule has 1 amide bonds. The van der Waals surface area contributed by atoms with Gasteiger partial charge >= 0.3 is 0 Å². The Labute approximate surface area is 164 Å². The van der Waals surface area contributed by atoms with E-state index in [2.05, 4.69) is 34.0 Å². The average molecular weight is 391 g/mol. The Morgan fingerprint density at radius 3 is 2.78 bits per heavy atom. The van der Waals surface area contributed by atoms with Gasteiger partial charge in [-0.05, 0) is 50.8 Å². The Hall–Kier alpha value is -1.73. The van der Waals surface area contributed by atoms with Gasteiger partial charge in [-0.15, -0.1) is 11.3 Å². The van der Waals surface area contributed by atoms with Crippen molar-refractivity contribution in [1.29, 1.82) is 0 Å². The lowest BCUT2D eigenvalue weighted by Crippen LogP contribution is -2.40. The molecule has 7 heteroatoms. The van der Waals surface area contributed by atoms with Crippen LogP contribution in [0.5, 0.6) is 0 Å². The first-order chi connectivity index (χ1) is 12.7. The lowest BCUT2D eigenvalue weighted by Gasteiger charge is -2.28. The molecule has 2 aromatic heterocycles. The number of nitrogens with zero attached hydrogens (tertiary/aromatic N) is 2. The first-order valence-electron chi connectivity index (χ1n) is 9.70. The molecule has 148 valence electrons. The minimum Gasteiger partial charge on any atom is -0.356 e. The average Bonchev–Trinajstić information content (AvgIpc) is 2.96. The van der Waals surface area contributed by atoms with Crippen molar-refractivity contribution < 1.29 is 4.79 Å². The number of aryl methyl sites for hydroxylation is 3. The normalized spacial score (nSPS) is 14.6. The number of aromatic amines is 1. The maximum absolute atomic E-state index is 12.5. The van der Waals surface area contributed by atoms with E-state index in [-0.39, 0.29) is 16.9 Å². The van der Waals surface area contributed by atoms with Crippen LogP contribution in [0, 0.1) is 5.41 Å². The van der Waals surface area contributed by atoms with Gasteiger partial charge in [0.25, 0.3) is 5.56 Å². The number of hydrogen-bond acceptors (Lipinski definition) is 5. The van der Waals surface area contributed by atoms with Gasteiger partial charge in [0.05, 0.1) is 5.39 Å². The maximum atomic E-state index is 12.5. The molecule has 0 bridgehead atoms. The summed E-state index contributed by atoms with van der Waals surface area (Å²) in [6, 6.07) is 0. The molecule has 0 saturated carbocycles. The summed E-state index contributed by atoms with van der Waals surface area (Å²) in [7, 11) is 4.06. The summed E-state index contributed by atoms with van der Waals surface area (Å²) in [6.07, 6.45) is 5.14. The minimum atomic E-state index is -0.0538. The molecule has 2 N–H and O–H groups in total. The molecule has 0 fully saturated rings. The molecular formula is C20H30N4O2S. The number of nitrogens with one attached hydrogen (secondary N) is 2. The number of fused-ring (bicyclic) bond motifs is 3. The van der Waals surface area contributed by atoms with Crippen LogP contribution in [-0.2, 0) is 24.1 Å². The summed E-state index contributed by atoms with van der Waals surface area (Å²) in [5, 5.41) is 3.78. The van der Waals surface area contributed by atoms with Crippen molar-refractivity contribution in [2.75, 3.05) is 27.2 Å². The SMILES string of the molecule is CN(C)CC(C)(C)CNC(=O)CCc1nc2sc3c(c2c(=O)[nH]1)CCCC3. The number of H-pyrrole nitrogens is 1. The highest BCUT2D eigenvalue weighted by molar-refractivity contribution is 7.18. The van der Waals surface area contributed by atoms with Gasteiger partial charge in [0, 0.05) is 30.8 Å². The van der Waals surface area contributed by atoms with E-state index < -0.39 is 0 Å². The fraction of sp³-hybridized carbons (Fsp3) is 0.650. The van der Waals surface area contributed by atoms with Gasteiger partial charge in [0.2, 0.25) is 5.91 Å². The zero-order valence-corrected chi connectivity index (χ0v) is 17.6. The number of carbonyl (C=O) groups is 1. The highest BCUT2D eigenvalue weighted by atomic mass is 32.1. The van der Waals surface area contributed by atoms with Gasteiger partial charge in [-0.3, -0.25) is 9.59 Å². The van der Waals surface area contributed by atoms with Gasteiger partial charge < -0.3 is 15.2 Å². The summed E-state index contributed by atoms with van der Waals surface area (Å²) in [5.41, 5.74) is 1.16. The van der Waals surface area contributed by atoms with Crippen LogP contribution in [0.3, 0.4) is 0 Å². The second-order valence-electron chi connectivity index (χ2n) is 8.58. The second kappa shape index (κ2) is 8.10. The molecule has 27 heavy (non-hydrogen) atoms. The van der Waals surface area contributed by atoms with Crippen molar-refractivity contribution in [3.05, 3.63) is 26.6 Å². The van der Waals surface area contributed by atoms with Crippen molar-refractivity contribution in [3.8, 4) is 0 Å². The van der Waals surface area contributed by atoms with E-state index in [0.29, 0.717) is 25.2 Å². The summed E-state index contributed by atoms with van der Waals surface area (Å²) >= 11 is 1.65. The number of hydrogen-bond donors (Lipinski definition) is 2. The minimum absolute atomic E-state index is 0.00458.